The summed E-state index contributed by atoms with van der Waals surface area (Å²) in [5, 5.41) is 14.5. The van der Waals surface area contributed by atoms with Crippen LogP contribution < -0.4 is 9.80 Å². The summed E-state index contributed by atoms with van der Waals surface area (Å²) in [6, 6.07) is 88.5. The Morgan fingerprint density at radius 3 is 1.34 bits per heavy atom. The topological polar surface area (TPSA) is 19.6 Å². The molecule has 0 fully saturated rings. The Balaban J connectivity index is 1.03. The van der Waals surface area contributed by atoms with Gasteiger partial charge in [-0.2, -0.15) is 0 Å². The molecule has 13 aromatic carbocycles. The van der Waals surface area contributed by atoms with Crippen LogP contribution in [0.4, 0.5) is 34.1 Å². The molecule has 3 nitrogen and oxygen atoms in total. The molecule has 330 valence electrons. The number of hydrogen-bond acceptors (Lipinski definition) is 3. The lowest BCUT2D eigenvalue weighted by Gasteiger charge is -2.32. The van der Waals surface area contributed by atoms with E-state index in [1.54, 1.807) is 0 Å². The normalized spacial score (nSPS) is 12.2. The maximum absolute atomic E-state index is 6.87. The lowest BCUT2D eigenvalue weighted by molar-refractivity contribution is 0.669. The second-order valence-corrected chi connectivity index (χ2v) is 18.7. The lowest BCUT2D eigenvalue weighted by atomic mass is 9.85. The van der Waals surface area contributed by atoms with Gasteiger partial charge in [0.2, 0.25) is 0 Å². The molecule has 71 heavy (non-hydrogen) atoms. The minimum atomic E-state index is 0.852. The molecule has 1 aliphatic carbocycles. The quantitative estimate of drug-likeness (QED) is 0.142. The van der Waals surface area contributed by atoms with Crippen LogP contribution in [0.3, 0.4) is 0 Å². The van der Waals surface area contributed by atoms with Gasteiger partial charge < -0.3 is 14.2 Å². The molecule has 15 rings (SSSR count). The van der Waals surface area contributed by atoms with Gasteiger partial charge in [-0.25, -0.2) is 0 Å². The van der Waals surface area contributed by atoms with Crippen molar-refractivity contribution in [2.24, 2.45) is 0 Å². The fourth-order valence-electron chi connectivity index (χ4n) is 11.8. The number of rotatable bonds is 8. The van der Waals surface area contributed by atoms with Gasteiger partial charge in [-0.05, 0) is 102 Å². The predicted octanol–water partition coefficient (Wildman–Crippen LogP) is 19.5. The molecule has 0 bridgehead atoms. The molecule has 3 heteroatoms. The number of hydrogen-bond donors (Lipinski definition) is 0. The number of fused-ring (bicyclic) bond motifs is 9. The molecule has 0 spiro atoms. The molecule has 0 amide bonds. The van der Waals surface area contributed by atoms with Gasteiger partial charge in [0.05, 0.1) is 34.1 Å². The first-order valence-electron chi connectivity index (χ1n) is 24.4. The summed E-state index contributed by atoms with van der Waals surface area (Å²) in [7, 11) is 0. The molecule has 14 aromatic rings. The number of anilines is 6. The van der Waals surface area contributed by atoms with Gasteiger partial charge in [0.25, 0.3) is 0 Å². The van der Waals surface area contributed by atoms with Gasteiger partial charge in [-0.1, -0.05) is 212 Å². The Labute approximate surface area is 410 Å². The molecule has 0 atom stereocenters. The Hall–Kier alpha value is -9.44. The van der Waals surface area contributed by atoms with Crippen LogP contribution in [0.25, 0.3) is 110 Å². The van der Waals surface area contributed by atoms with E-state index >= 15 is 0 Å². The van der Waals surface area contributed by atoms with Crippen molar-refractivity contribution in [3.8, 4) is 22.3 Å². The molecular weight excluding hydrogens is 861 g/mol. The van der Waals surface area contributed by atoms with Crippen LogP contribution in [0.2, 0.25) is 0 Å². The van der Waals surface area contributed by atoms with E-state index in [4.69, 9.17) is 4.42 Å². The largest absolute Gasteiger partial charge is 0.454 e. The summed E-state index contributed by atoms with van der Waals surface area (Å²) >= 11 is 0. The smallest absolute Gasteiger partial charge is 0.159 e. The molecule has 0 saturated heterocycles. The van der Waals surface area contributed by atoms with E-state index in [0.29, 0.717) is 0 Å². The minimum Gasteiger partial charge on any atom is -0.454 e. The first-order chi connectivity index (χ1) is 35.3. The van der Waals surface area contributed by atoms with Crippen LogP contribution in [0.1, 0.15) is 11.1 Å². The van der Waals surface area contributed by atoms with Crippen molar-refractivity contribution in [1.82, 2.24) is 0 Å². The number of benzene rings is 13. The monoisotopic (exact) mass is 902 g/mol. The third-order valence-corrected chi connectivity index (χ3v) is 15.0. The molecule has 1 heterocycles. The van der Waals surface area contributed by atoms with Gasteiger partial charge >= 0.3 is 0 Å². The van der Waals surface area contributed by atoms with E-state index in [2.05, 4.69) is 259 Å². The highest BCUT2D eigenvalue weighted by atomic mass is 16.3. The lowest BCUT2D eigenvalue weighted by Crippen LogP contribution is -2.14. The zero-order valence-electron chi connectivity index (χ0n) is 38.6. The number of furan rings is 1. The SMILES string of the molecule is C1=Cc2c1c1ccccc1c1cccc(N(c3ccccc3-c3ccccc3)c3ccc4ccc5c(N(c6ccccc6-c6ccccc6)c6cccc7c6oc6ccccc67)ccc6ccc3c4c65)c21. The minimum absolute atomic E-state index is 0.852. The van der Waals surface area contributed by atoms with Gasteiger partial charge in [-0.15, -0.1) is 0 Å². The molecule has 1 aromatic heterocycles. The number of nitrogens with zero attached hydrogens (tertiary/aromatic N) is 2. The summed E-state index contributed by atoms with van der Waals surface area (Å²) < 4.78 is 6.87. The maximum Gasteiger partial charge on any atom is 0.159 e. The Morgan fingerprint density at radius 1 is 0.254 bits per heavy atom. The van der Waals surface area contributed by atoms with Crippen molar-refractivity contribution in [2.45, 2.75) is 0 Å². The van der Waals surface area contributed by atoms with E-state index in [9.17, 15) is 0 Å². The van der Waals surface area contributed by atoms with Gasteiger partial charge in [-0.3, -0.25) is 0 Å². The fraction of sp³-hybridized carbons (Fsp3) is 0. The van der Waals surface area contributed by atoms with E-state index in [1.807, 2.05) is 6.07 Å². The van der Waals surface area contributed by atoms with Crippen molar-refractivity contribution in [2.75, 3.05) is 9.80 Å². The van der Waals surface area contributed by atoms with Crippen LogP contribution >= 0.6 is 0 Å². The van der Waals surface area contributed by atoms with Crippen LogP contribution in [-0.2, 0) is 0 Å². The zero-order chi connectivity index (χ0) is 46.6. The molecule has 0 radical (unpaired) electrons. The van der Waals surface area contributed by atoms with Crippen molar-refractivity contribution in [3.63, 3.8) is 0 Å². The van der Waals surface area contributed by atoms with Gasteiger partial charge in [0, 0.05) is 38.1 Å². The van der Waals surface area contributed by atoms with Crippen molar-refractivity contribution >= 4 is 122 Å². The van der Waals surface area contributed by atoms with Crippen molar-refractivity contribution < 1.29 is 4.42 Å². The Bertz CT molecular complexity index is 4470. The second kappa shape index (κ2) is 15.5. The summed E-state index contributed by atoms with van der Waals surface area (Å²) in [6.07, 6.45) is 4.58. The highest BCUT2D eigenvalue weighted by Crippen LogP contribution is 2.53. The van der Waals surface area contributed by atoms with Gasteiger partial charge in [0.1, 0.15) is 5.58 Å². The zero-order valence-corrected chi connectivity index (χ0v) is 38.6. The van der Waals surface area contributed by atoms with E-state index in [0.717, 1.165) is 72.6 Å². The average molecular weight is 903 g/mol. The van der Waals surface area contributed by atoms with Crippen molar-refractivity contribution in [1.29, 1.82) is 0 Å². The van der Waals surface area contributed by atoms with Crippen LogP contribution in [0.15, 0.2) is 247 Å². The van der Waals surface area contributed by atoms with Crippen molar-refractivity contribution in [3.05, 3.63) is 254 Å². The van der Waals surface area contributed by atoms with Gasteiger partial charge in [0.15, 0.2) is 5.58 Å². The van der Waals surface area contributed by atoms with Crippen LogP contribution in [0, 0.1) is 0 Å². The molecule has 0 N–H and O–H groups in total. The Morgan fingerprint density at radius 2 is 0.718 bits per heavy atom. The standard InChI is InChI=1S/C68H42N2O/c1-3-17-43(18-4-1)47-21-9-12-28-58(47)69(62-30-15-26-53-50-24-8-7-23-49(50)51-39-40-54(51)67(53)62)60-41-35-45-34-38-57-61(42-36-46-33-37-56(60)65(45)66(46)57)70(59-29-13-10-22-48(59)44-19-5-2-6-20-44)63-31-16-27-55-52-25-11-14-32-64(52)71-68(55)63/h1-42H. The predicted molar refractivity (Wildman–Crippen MR) is 302 cm³/mol. The first kappa shape index (κ1) is 39.5. The average Bonchev–Trinajstić information content (AvgIpc) is 3.81. The van der Waals surface area contributed by atoms with Crippen LogP contribution in [-0.4, -0.2) is 0 Å². The van der Waals surface area contributed by atoms with E-state index in [-0.39, 0.29) is 0 Å². The molecule has 0 saturated carbocycles. The molecule has 0 aliphatic heterocycles. The third-order valence-electron chi connectivity index (χ3n) is 15.0. The summed E-state index contributed by atoms with van der Waals surface area (Å²) in [4.78, 5) is 4.98. The number of para-hydroxylation sites is 4. The highest BCUT2D eigenvalue weighted by molar-refractivity contribution is 6.30. The third kappa shape index (κ3) is 5.90. The van der Waals surface area contributed by atoms with Crippen LogP contribution in [0.5, 0.6) is 0 Å². The van der Waals surface area contributed by atoms with E-state index < -0.39 is 0 Å². The summed E-state index contributed by atoms with van der Waals surface area (Å²) in [5.41, 5.74) is 15.5. The maximum atomic E-state index is 6.87. The second-order valence-electron chi connectivity index (χ2n) is 18.7. The molecule has 0 unspecified atom stereocenters. The fourth-order valence-corrected chi connectivity index (χ4v) is 11.8. The summed E-state index contributed by atoms with van der Waals surface area (Å²) in [6.45, 7) is 0. The molecule has 1 aliphatic rings. The highest BCUT2D eigenvalue weighted by Gasteiger charge is 2.28. The Kier molecular flexibility index (Phi) is 8.66. The first-order valence-corrected chi connectivity index (χ1v) is 24.4. The van der Waals surface area contributed by atoms with E-state index in [1.165, 1.54) is 70.7 Å². The molecular formula is C68H42N2O. The summed E-state index contributed by atoms with van der Waals surface area (Å²) in [5.74, 6) is 0.